The van der Waals surface area contributed by atoms with Crippen LogP contribution < -0.4 is 10.1 Å². The minimum Gasteiger partial charge on any atom is -0.494 e. The van der Waals surface area contributed by atoms with E-state index in [9.17, 15) is 14.3 Å². The third kappa shape index (κ3) is 3.79. The molecule has 2 aromatic carbocycles. The summed E-state index contributed by atoms with van der Waals surface area (Å²) in [4.78, 5) is 12.0. The van der Waals surface area contributed by atoms with Crippen LogP contribution in [0.2, 0.25) is 0 Å². The standard InChI is InChI=1S/C16H16FNO3/c1-21-15-9-12(7-8-13(15)17)16(20)18-10-14(19)11-5-3-2-4-6-11/h2-9,14,19H,10H2,1H3,(H,18,20). The van der Waals surface area contributed by atoms with Gasteiger partial charge in [-0.3, -0.25) is 4.79 Å². The van der Waals surface area contributed by atoms with Crippen molar-refractivity contribution >= 4 is 5.91 Å². The van der Waals surface area contributed by atoms with Gasteiger partial charge in [-0.25, -0.2) is 4.39 Å². The molecule has 2 N–H and O–H groups in total. The van der Waals surface area contributed by atoms with Crippen molar-refractivity contribution in [3.63, 3.8) is 0 Å². The summed E-state index contributed by atoms with van der Waals surface area (Å²) in [7, 11) is 1.33. The van der Waals surface area contributed by atoms with E-state index in [-0.39, 0.29) is 17.9 Å². The Morgan fingerprint density at radius 1 is 1.29 bits per heavy atom. The highest BCUT2D eigenvalue weighted by molar-refractivity contribution is 5.94. The molecule has 0 fully saturated rings. The molecule has 0 radical (unpaired) electrons. The van der Waals surface area contributed by atoms with Crippen molar-refractivity contribution in [1.29, 1.82) is 0 Å². The van der Waals surface area contributed by atoms with Crippen LogP contribution in [0, 0.1) is 5.82 Å². The highest BCUT2D eigenvalue weighted by Gasteiger charge is 2.12. The van der Waals surface area contributed by atoms with E-state index < -0.39 is 17.8 Å². The Labute approximate surface area is 122 Å². The molecule has 0 aromatic heterocycles. The number of carbonyl (C=O) groups is 1. The van der Waals surface area contributed by atoms with Crippen LogP contribution in [-0.2, 0) is 0 Å². The predicted molar refractivity (Wildman–Crippen MR) is 76.7 cm³/mol. The molecule has 0 aliphatic rings. The van der Waals surface area contributed by atoms with Crippen LogP contribution in [0.4, 0.5) is 4.39 Å². The molecular formula is C16H16FNO3. The van der Waals surface area contributed by atoms with Crippen LogP contribution in [0.25, 0.3) is 0 Å². The van der Waals surface area contributed by atoms with Crippen molar-refractivity contribution in [1.82, 2.24) is 5.32 Å². The van der Waals surface area contributed by atoms with Crippen molar-refractivity contribution in [2.45, 2.75) is 6.10 Å². The molecule has 0 saturated carbocycles. The van der Waals surface area contributed by atoms with Crippen molar-refractivity contribution in [3.05, 3.63) is 65.5 Å². The molecule has 2 aromatic rings. The topological polar surface area (TPSA) is 58.6 Å². The Bertz CT molecular complexity index is 616. The zero-order valence-corrected chi connectivity index (χ0v) is 11.5. The highest BCUT2D eigenvalue weighted by atomic mass is 19.1. The first-order chi connectivity index (χ1) is 10.1. The average Bonchev–Trinajstić information content (AvgIpc) is 2.53. The minimum absolute atomic E-state index is 0.00579. The molecule has 0 saturated heterocycles. The van der Waals surface area contributed by atoms with Gasteiger partial charge in [-0.1, -0.05) is 30.3 Å². The fourth-order valence-electron chi connectivity index (χ4n) is 1.89. The maximum absolute atomic E-state index is 13.3. The number of methoxy groups -OCH3 is 1. The van der Waals surface area contributed by atoms with E-state index >= 15 is 0 Å². The van der Waals surface area contributed by atoms with Gasteiger partial charge in [-0.2, -0.15) is 0 Å². The summed E-state index contributed by atoms with van der Waals surface area (Å²) in [5, 5.41) is 12.6. The van der Waals surface area contributed by atoms with E-state index in [1.165, 1.54) is 25.3 Å². The first kappa shape index (κ1) is 15.0. The predicted octanol–water partition coefficient (Wildman–Crippen LogP) is 2.30. The van der Waals surface area contributed by atoms with Crippen molar-refractivity contribution in [3.8, 4) is 5.75 Å². The third-order valence-corrected chi connectivity index (χ3v) is 3.05. The Hall–Kier alpha value is -2.40. The molecule has 2 rings (SSSR count). The van der Waals surface area contributed by atoms with Crippen molar-refractivity contribution in [2.24, 2.45) is 0 Å². The molecule has 1 atom stereocenters. The minimum atomic E-state index is -0.794. The molecule has 0 aliphatic carbocycles. The van der Waals surface area contributed by atoms with Gasteiger partial charge in [0.25, 0.3) is 5.91 Å². The number of hydrogen-bond acceptors (Lipinski definition) is 3. The largest absolute Gasteiger partial charge is 0.494 e. The van der Waals surface area contributed by atoms with Gasteiger partial charge in [0, 0.05) is 12.1 Å². The Kier molecular flexibility index (Phi) is 4.90. The van der Waals surface area contributed by atoms with Crippen LogP contribution in [0.15, 0.2) is 48.5 Å². The summed E-state index contributed by atoms with van der Waals surface area (Å²) in [6.07, 6.45) is -0.794. The monoisotopic (exact) mass is 289 g/mol. The molecule has 0 aliphatic heterocycles. The first-order valence-corrected chi connectivity index (χ1v) is 6.46. The summed E-state index contributed by atoms with van der Waals surface area (Å²) in [5.41, 5.74) is 0.989. The molecule has 0 heterocycles. The van der Waals surface area contributed by atoms with Crippen LogP contribution in [0.5, 0.6) is 5.75 Å². The number of nitrogens with one attached hydrogen (secondary N) is 1. The molecule has 21 heavy (non-hydrogen) atoms. The van der Waals surface area contributed by atoms with Gasteiger partial charge in [0.2, 0.25) is 0 Å². The number of aliphatic hydroxyl groups excluding tert-OH is 1. The van der Waals surface area contributed by atoms with Gasteiger partial charge in [0.1, 0.15) is 0 Å². The quantitative estimate of drug-likeness (QED) is 0.888. The van der Waals surface area contributed by atoms with E-state index in [0.29, 0.717) is 0 Å². The third-order valence-electron chi connectivity index (χ3n) is 3.05. The number of benzene rings is 2. The summed E-state index contributed by atoms with van der Waals surface area (Å²) in [6.45, 7) is 0.0720. The number of halogens is 1. The van der Waals surface area contributed by atoms with Gasteiger partial charge < -0.3 is 15.2 Å². The van der Waals surface area contributed by atoms with Gasteiger partial charge in [-0.05, 0) is 23.8 Å². The van der Waals surface area contributed by atoms with E-state index in [2.05, 4.69) is 5.32 Å². The molecule has 1 unspecified atom stereocenters. The normalized spacial score (nSPS) is 11.8. The van der Waals surface area contributed by atoms with E-state index in [0.717, 1.165) is 5.56 Å². The second kappa shape index (κ2) is 6.85. The summed E-state index contributed by atoms with van der Waals surface area (Å²) >= 11 is 0. The molecule has 4 nitrogen and oxygen atoms in total. The van der Waals surface area contributed by atoms with Crippen LogP contribution in [-0.4, -0.2) is 24.7 Å². The number of ether oxygens (including phenoxy) is 1. The molecule has 110 valence electrons. The summed E-state index contributed by atoms with van der Waals surface area (Å²) in [6, 6.07) is 12.9. The SMILES string of the molecule is COc1cc(C(=O)NCC(O)c2ccccc2)ccc1F. The van der Waals surface area contributed by atoms with Gasteiger partial charge >= 0.3 is 0 Å². The Morgan fingerprint density at radius 2 is 2.00 bits per heavy atom. The second-order valence-corrected chi connectivity index (χ2v) is 4.49. The summed E-state index contributed by atoms with van der Waals surface area (Å²) in [5.74, 6) is -0.923. The first-order valence-electron chi connectivity index (χ1n) is 6.46. The Balaban J connectivity index is 1.99. The van der Waals surface area contributed by atoms with Gasteiger partial charge in [-0.15, -0.1) is 0 Å². The average molecular weight is 289 g/mol. The summed E-state index contributed by atoms with van der Waals surface area (Å²) < 4.78 is 18.1. The van der Waals surface area contributed by atoms with Crippen LogP contribution >= 0.6 is 0 Å². The highest BCUT2D eigenvalue weighted by Crippen LogP contribution is 2.18. The molecule has 0 spiro atoms. The fraction of sp³-hybridized carbons (Fsp3) is 0.188. The van der Waals surface area contributed by atoms with Gasteiger partial charge in [0.15, 0.2) is 11.6 Å². The van der Waals surface area contributed by atoms with Crippen molar-refractivity contribution < 1.29 is 19.0 Å². The second-order valence-electron chi connectivity index (χ2n) is 4.49. The number of carbonyl (C=O) groups excluding carboxylic acids is 1. The van der Waals surface area contributed by atoms with Crippen molar-refractivity contribution in [2.75, 3.05) is 13.7 Å². The zero-order valence-electron chi connectivity index (χ0n) is 11.5. The van der Waals surface area contributed by atoms with Gasteiger partial charge in [0.05, 0.1) is 13.2 Å². The Morgan fingerprint density at radius 3 is 2.67 bits per heavy atom. The lowest BCUT2D eigenvalue weighted by Gasteiger charge is -2.12. The number of aliphatic hydroxyl groups is 1. The van der Waals surface area contributed by atoms with E-state index in [4.69, 9.17) is 4.74 Å². The lowest BCUT2D eigenvalue weighted by atomic mass is 10.1. The van der Waals surface area contributed by atoms with Crippen LogP contribution in [0.1, 0.15) is 22.0 Å². The lowest BCUT2D eigenvalue weighted by Crippen LogP contribution is -2.28. The van der Waals surface area contributed by atoms with E-state index in [1.54, 1.807) is 12.1 Å². The molecule has 1 amide bonds. The number of amides is 1. The number of hydrogen-bond donors (Lipinski definition) is 2. The number of rotatable bonds is 5. The maximum atomic E-state index is 13.3. The lowest BCUT2D eigenvalue weighted by molar-refractivity contribution is 0.0916. The molecular weight excluding hydrogens is 273 g/mol. The zero-order chi connectivity index (χ0) is 15.2. The molecule has 0 bridgehead atoms. The van der Waals surface area contributed by atoms with Crippen LogP contribution in [0.3, 0.4) is 0 Å². The maximum Gasteiger partial charge on any atom is 0.251 e. The fourth-order valence-corrected chi connectivity index (χ4v) is 1.89. The van der Waals surface area contributed by atoms with E-state index in [1.807, 2.05) is 18.2 Å². The molecule has 5 heteroatoms. The smallest absolute Gasteiger partial charge is 0.251 e.